The summed E-state index contributed by atoms with van der Waals surface area (Å²) in [7, 11) is 5.11. The van der Waals surface area contributed by atoms with Crippen molar-refractivity contribution in [3.05, 3.63) is 41.0 Å². The van der Waals surface area contributed by atoms with Gasteiger partial charge < -0.3 is 0 Å². The summed E-state index contributed by atoms with van der Waals surface area (Å²) in [6, 6.07) is 0.359. The smallest absolute Gasteiger partial charge is 0.198 e. The van der Waals surface area contributed by atoms with E-state index in [0.29, 0.717) is 6.07 Å². The van der Waals surface area contributed by atoms with Crippen molar-refractivity contribution in [2.45, 2.75) is 0 Å². The van der Waals surface area contributed by atoms with Gasteiger partial charge in [0.2, 0.25) is 0 Å². The molecule has 0 amide bonds. The Morgan fingerprint density at radius 1 is 0.647 bits per heavy atom. The highest BCUT2D eigenvalue weighted by Crippen LogP contribution is 2.28. The molecule has 0 aliphatic carbocycles. The van der Waals surface area contributed by atoms with E-state index in [-0.39, 0.29) is 0 Å². The highest BCUT2D eigenvalue weighted by molar-refractivity contribution is 6.38. The Bertz CT molecular complexity index is 637. The van der Waals surface area contributed by atoms with Crippen molar-refractivity contribution in [1.29, 1.82) is 0 Å². The van der Waals surface area contributed by atoms with Crippen LogP contribution in [0, 0.1) is 34.9 Å². The minimum Gasteiger partial charge on any atom is -0.204 e. The molecular weight excluding hydrogens is 245 g/mol. The summed E-state index contributed by atoms with van der Waals surface area (Å²) in [6.45, 7) is 0. The van der Waals surface area contributed by atoms with E-state index in [0.717, 1.165) is 0 Å². The molecule has 2 rings (SSSR count). The van der Waals surface area contributed by atoms with Crippen LogP contribution in [0.4, 0.5) is 26.3 Å². The van der Waals surface area contributed by atoms with Gasteiger partial charge in [0.15, 0.2) is 34.9 Å². The van der Waals surface area contributed by atoms with Crippen molar-refractivity contribution in [1.82, 2.24) is 0 Å². The normalized spacial score (nSPS) is 11.2. The summed E-state index contributed by atoms with van der Waals surface area (Å²) in [5, 5.41) is -2.38. The standard InChI is InChI=1S/C10HBF6/c11-2-1-3(12)6(13)5-4(2)7(14)9(16)10(17)8(5)15/h1H. The molecule has 0 aliphatic heterocycles. The van der Waals surface area contributed by atoms with Crippen LogP contribution < -0.4 is 5.46 Å². The van der Waals surface area contributed by atoms with Gasteiger partial charge in [-0.2, -0.15) is 0 Å². The van der Waals surface area contributed by atoms with Gasteiger partial charge in [0.05, 0.1) is 5.39 Å². The van der Waals surface area contributed by atoms with Crippen LogP contribution in [0.2, 0.25) is 0 Å². The lowest BCUT2D eigenvalue weighted by Crippen LogP contribution is -2.13. The molecule has 0 saturated heterocycles. The number of fused-ring (bicyclic) bond motifs is 1. The monoisotopic (exact) mass is 246 g/mol. The first-order chi connectivity index (χ1) is 7.86. The molecule has 0 fully saturated rings. The number of rotatable bonds is 0. The first kappa shape index (κ1) is 11.8. The predicted octanol–water partition coefficient (Wildman–Crippen LogP) is 2.47. The fourth-order valence-electron chi connectivity index (χ4n) is 1.50. The molecule has 2 aromatic rings. The average Bonchev–Trinajstić information content (AvgIpc) is 2.28. The van der Waals surface area contributed by atoms with E-state index < -0.39 is 51.1 Å². The third-order valence-electron chi connectivity index (χ3n) is 2.27. The fourth-order valence-corrected chi connectivity index (χ4v) is 1.50. The number of halogens is 6. The number of hydrogen-bond acceptors (Lipinski definition) is 0. The second-order valence-corrected chi connectivity index (χ2v) is 3.27. The zero-order chi connectivity index (χ0) is 12.9. The average molecular weight is 246 g/mol. The molecule has 0 aliphatic rings. The lowest BCUT2D eigenvalue weighted by molar-refractivity contribution is 0.415. The maximum absolute atomic E-state index is 13.3. The molecular formula is C10HBF6. The van der Waals surface area contributed by atoms with Gasteiger partial charge in [-0.05, 0) is 6.07 Å². The third-order valence-corrected chi connectivity index (χ3v) is 2.27. The van der Waals surface area contributed by atoms with Crippen LogP contribution >= 0.6 is 0 Å². The van der Waals surface area contributed by atoms with Gasteiger partial charge in [-0.3, -0.25) is 0 Å². The van der Waals surface area contributed by atoms with Crippen LogP contribution in [0.15, 0.2) is 6.07 Å². The van der Waals surface area contributed by atoms with E-state index >= 15 is 0 Å². The lowest BCUT2D eigenvalue weighted by atomic mass is 9.89. The minimum absolute atomic E-state index is 0.359. The fraction of sp³-hybridized carbons (Fsp3) is 0. The van der Waals surface area contributed by atoms with E-state index in [1.54, 1.807) is 0 Å². The van der Waals surface area contributed by atoms with Crippen molar-refractivity contribution in [3.8, 4) is 0 Å². The molecule has 2 aromatic carbocycles. The topological polar surface area (TPSA) is 0 Å². The van der Waals surface area contributed by atoms with Gasteiger partial charge in [-0.1, -0.05) is 5.46 Å². The van der Waals surface area contributed by atoms with Crippen LogP contribution in [-0.4, -0.2) is 7.85 Å². The van der Waals surface area contributed by atoms with Gasteiger partial charge in [0.25, 0.3) is 0 Å². The maximum atomic E-state index is 13.3. The Morgan fingerprint density at radius 3 is 1.65 bits per heavy atom. The van der Waals surface area contributed by atoms with Gasteiger partial charge in [0.1, 0.15) is 7.85 Å². The van der Waals surface area contributed by atoms with Gasteiger partial charge in [0, 0.05) is 5.39 Å². The van der Waals surface area contributed by atoms with E-state index in [9.17, 15) is 26.3 Å². The Morgan fingerprint density at radius 2 is 1.12 bits per heavy atom. The lowest BCUT2D eigenvalue weighted by Gasteiger charge is -2.09. The molecule has 0 heterocycles. The minimum atomic E-state index is -2.22. The SMILES string of the molecule is [B]c1cc(F)c(F)c2c(F)c(F)c(F)c(F)c12. The van der Waals surface area contributed by atoms with Gasteiger partial charge in [-0.25, -0.2) is 26.3 Å². The molecule has 2 radical (unpaired) electrons. The van der Waals surface area contributed by atoms with Crippen LogP contribution in [0.25, 0.3) is 10.8 Å². The number of benzene rings is 2. The first-order valence-corrected chi connectivity index (χ1v) is 4.25. The van der Waals surface area contributed by atoms with Crippen molar-refractivity contribution >= 4 is 24.1 Å². The van der Waals surface area contributed by atoms with Crippen LogP contribution in [0.5, 0.6) is 0 Å². The van der Waals surface area contributed by atoms with Crippen molar-refractivity contribution in [2.75, 3.05) is 0 Å². The Balaban J connectivity index is 3.17. The molecule has 0 atom stereocenters. The Hall–Kier alpha value is -1.66. The summed E-state index contributed by atoms with van der Waals surface area (Å²) in [5.41, 5.74) is -0.728. The van der Waals surface area contributed by atoms with Crippen LogP contribution in [-0.2, 0) is 0 Å². The van der Waals surface area contributed by atoms with E-state index in [4.69, 9.17) is 7.85 Å². The maximum Gasteiger partial charge on any atom is 0.198 e. The Labute approximate surface area is 92.3 Å². The summed E-state index contributed by atoms with van der Waals surface area (Å²) in [6.07, 6.45) is 0. The Kier molecular flexibility index (Phi) is 2.56. The zero-order valence-electron chi connectivity index (χ0n) is 7.92. The summed E-state index contributed by atoms with van der Waals surface area (Å²) >= 11 is 0. The molecule has 86 valence electrons. The highest BCUT2D eigenvalue weighted by Gasteiger charge is 2.25. The molecule has 0 aromatic heterocycles. The molecule has 0 saturated carbocycles. The molecule has 0 spiro atoms. The third kappa shape index (κ3) is 1.49. The predicted molar refractivity (Wildman–Crippen MR) is 49.1 cm³/mol. The van der Waals surface area contributed by atoms with Gasteiger partial charge >= 0.3 is 0 Å². The van der Waals surface area contributed by atoms with E-state index in [1.165, 1.54) is 0 Å². The molecule has 7 heteroatoms. The van der Waals surface area contributed by atoms with Crippen LogP contribution in [0.3, 0.4) is 0 Å². The summed E-state index contributed by atoms with van der Waals surface area (Å²) < 4.78 is 78.3. The second kappa shape index (κ2) is 3.68. The first-order valence-electron chi connectivity index (χ1n) is 4.25. The largest absolute Gasteiger partial charge is 0.204 e. The molecule has 0 N–H and O–H groups in total. The molecule has 17 heavy (non-hydrogen) atoms. The van der Waals surface area contributed by atoms with Crippen molar-refractivity contribution in [2.24, 2.45) is 0 Å². The zero-order valence-corrected chi connectivity index (χ0v) is 7.92. The van der Waals surface area contributed by atoms with E-state index in [1.807, 2.05) is 0 Å². The molecule has 0 unspecified atom stereocenters. The summed E-state index contributed by atoms with van der Waals surface area (Å²) in [5.74, 6) is -11.7. The second-order valence-electron chi connectivity index (χ2n) is 3.27. The van der Waals surface area contributed by atoms with Gasteiger partial charge in [-0.15, -0.1) is 0 Å². The van der Waals surface area contributed by atoms with E-state index in [2.05, 4.69) is 0 Å². The molecule has 0 nitrogen and oxygen atoms in total. The summed E-state index contributed by atoms with van der Waals surface area (Å²) in [4.78, 5) is 0. The highest BCUT2D eigenvalue weighted by atomic mass is 19.2. The number of hydrogen-bond donors (Lipinski definition) is 0. The quantitative estimate of drug-likeness (QED) is 0.290. The van der Waals surface area contributed by atoms with Crippen molar-refractivity contribution in [3.63, 3.8) is 0 Å². The van der Waals surface area contributed by atoms with Crippen molar-refractivity contribution < 1.29 is 26.3 Å². The molecule has 0 bridgehead atoms. The van der Waals surface area contributed by atoms with Crippen LogP contribution in [0.1, 0.15) is 0 Å².